The van der Waals surface area contributed by atoms with Gasteiger partial charge in [0.05, 0.1) is 12.2 Å². The second-order valence-electron chi connectivity index (χ2n) is 7.76. The third-order valence-corrected chi connectivity index (χ3v) is 4.78. The second-order valence-corrected chi connectivity index (χ2v) is 7.76. The van der Waals surface area contributed by atoms with Gasteiger partial charge in [0.2, 0.25) is 0 Å². The van der Waals surface area contributed by atoms with E-state index >= 15 is 0 Å². The van der Waals surface area contributed by atoms with E-state index in [1.807, 2.05) is 29.8 Å². The molecule has 0 amide bonds. The number of rotatable bonds is 4. The van der Waals surface area contributed by atoms with Gasteiger partial charge in [-0.3, -0.25) is 4.79 Å². The van der Waals surface area contributed by atoms with Gasteiger partial charge in [0.1, 0.15) is 0 Å². The molecule has 1 heterocycles. The van der Waals surface area contributed by atoms with Crippen LogP contribution in [0.3, 0.4) is 0 Å². The molecule has 0 aliphatic heterocycles. The summed E-state index contributed by atoms with van der Waals surface area (Å²) in [6.07, 6.45) is 1.69. The molecule has 27 heavy (non-hydrogen) atoms. The topological polar surface area (TPSA) is 48.3 Å². The predicted molar refractivity (Wildman–Crippen MR) is 108 cm³/mol. The maximum absolute atomic E-state index is 12.5. The summed E-state index contributed by atoms with van der Waals surface area (Å²) in [6.45, 7) is 8.43. The fourth-order valence-electron chi connectivity index (χ4n) is 3.22. The Labute approximate surface area is 159 Å². The minimum absolute atomic E-state index is 0.0984. The van der Waals surface area contributed by atoms with Gasteiger partial charge in [-0.25, -0.2) is 4.79 Å². The SMILES string of the molecule is CCOC(=O)C(=O)c1cn(C)c2ccc(-c3ccc(C(C)(C)C)cc3)cc12. The van der Waals surface area contributed by atoms with Crippen molar-refractivity contribution in [1.82, 2.24) is 4.57 Å². The third-order valence-electron chi connectivity index (χ3n) is 4.78. The van der Waals surface area contributed by atoms with E-state index in [9.17, 15) is 9.59 Å². The molecule has 0 aliphatic carbocycles. The summed E-state index contributed by atoms with van der Waals surface area (Å²) in [5, 5.41) is 0.757. The van der Waals surface area contributed by atoms with Crippen LogP contribution in [-0.4, -0.2) is 22.9 Å². The highest BCUT2D eigenvalue weighted by atomic mass is 16.5. The van der Waals surface area contributed by atoms with E-state index in [1.54, 1.807) is 13.1 Å². The lowest BCUT2D eigenvalue weighted by atomic mass is 9.86. The molecule has 4 nitrogen and oxygen atoms in total. The van der Waals surface area contributed by atoms with Crippen molar-refractivity contribution in [3.8, 4) is 11.1 Å². The second kappa shape index (κ2) is 7.03. The van der Waals surface area contributed by atoms with Gasteiger partial charge < -0.3 is 9.30 Å². The molecule has 0 aliphatic rings. The number of ketones is 1. The Balaban J connectivity index is 2.05. The summed E-state index contributed by atoms with van der Waals surface area (Å²) in [5.74, 6) is -1.42. The number of esters is 1. The van der Waals surface area contributed by atoms with Crippen molar-refractivity contribution < 1.29 is 14.3 Å². The minimum Gasteiger partial charge on any atom is -0.460 e. The highest BCUT2D eigenvalue weighted by Gasteiger charge is 2.22. The smallest absolute Gasteiger partial charge is 0.379 e. The largest absolute Gasteiger partial charge is 0.460 e. The minimum atomic E-state index is -0.815. The number of carbonyl (C=O) groups excluding carboxylic acids is 2. The normalized spacial score (nSPS) is 11.6. The number of nitrogens with zero attached hydrogens (tertiary/aromatic N) is 1. The van der Waals surface area contributed by atoms with Gasteiger partial charge in [0.15, 0.2) is 0 Å². The highest BCUT2D eigenvalue weighted by molar-refractivity contribution is 6.43. The lowest BCUT2D eigenvalue weighted by Gasteiger charge is -2.19. The van der Waals surface area contributed by atoms with Crippen molar-refractivity contribution in [2.45, 2.75) is 33.1 Å². The molecule has 0 fully saturated rings. The first-order valence-electron chi connectivity index (χ1n) is 9.14. The first-order valence-corrected chi connectivity index (χ1v) is 9.14. The summed E-state index contributed by atoms with van der Waals surface area (Å²) in [7, 11) is 1.86. The predicted octanol–water partition coefficient (Wildman–Crippen LogP) is 4.89. The number of aromatic nitrogens is 1. The van der Waals surface area contributed by atoms with Crippen LogP contribution in [0.25, 0.3) is 22.0 Å². The van der Waals surface area contributed by atoms with Crippen LogP contribution in [0.2, 0.25) is 0 Å². The molecule has 1 aromatic heterocycles. The average Bonchev–Trinajstić information content (AvgIpc) is 2.97. The van der Waals surface area contributed by atoms with Crippen LogP contribution in [0, 0.1) is 0 Å². The average molecular weight is 363 g/mol. The molecule has 2 aromatic carbocycles. The molecule has 3 aromatic rings. The van der Waals surface area contributed by atoms with Crippen LogP contribution in [0.4, 0.5) is 0 Å². The summed E-state index contributed by atoms with van der Waals surface area (Å²) >= 11 is 0. The summed E-state index contributed by atoms with van der Waals surface area (Å²) in [6, 6.07) is 14.4. The number of Topliss-reactive ketones (excluding diaryl/α,β-unsaturated/α-hetero) is 1. The van der Waals surface area contributed by atoms with Gasteiger partial charge >= 0.3 is 5.97 Å². The van der Waals surface area contributed by atoms with Gasteiger partial charge in [-0.1, -0.05) is 51.1 Å². The fraction of sp³-hybridized carbons (Fsp3) is 0.304. The fourth-order valence-corrected chi connectivity index (χ4v) is 3.22. The van der Waals surface area contributed by atoms with Crippen molar-refractivity contribution in [2.24, 2.45) is 7.05 Å². The molecule has 0 unspecified atom stereocenters. The number of hydrogen-bond acceptors (Lipinski definition) is 3. The van der Waals surface area contributed by atoms with Crippen molar-refractivity contribution >= 4 is 22.7 Å². The van der Waals surface area contributed by atoms with Crippen LogP contribution in [0.15, 0.2) is 48.7 Å². The van der Waals surface area contributed by atoms with E-state index in [1.165, 1.54) is 5.56 Å². The number of carbonyl (C=O) groups is 2. The Morgan fingerprint density at radius 2 is 1.63 bits per heavy atom. The Bertz CT molecular complexity index is 1000. The maximum atomic E-state index is 12.5. The van der Waals surface area contributed by atoms with Gasteiger partial charge in [0, 0.05) is 24.1 Å². The van der Waals surface area contributed by atoms with E-state index < -0.39 is 11.8 Å². The molecule has 0 N–H and O–H groups in total. The number of aryl methyl sites for hydroxylation is 1. The Kier molecular flexibility index (Phi) is 4.92. The van der Waals surface area contributed by atoms with Crippen LogP contribution in [0.5, 0.6) is 0 Å². The monoisotopic (exact) mass is 363 g/mol. The number of ether oxygens (including phenoxy) is 1. The first-order chi connectivity index (χ1) is 12.7. The van der Waals surface area contributed by atoms with E-state index in [0.717, 1.165) is 22.0 Å². The Morgan fingerprint density at radius 1 is 1.00 bits per heavy atom. The molecule has 0 spiro atoms. The van der Waals surface area contributed by atoms with Crippen LogP contribution >= 0.6 is 0 Å². The Morgan fingerprint density at radius 3 is 2.22 bits per heavy atom. The lowest BCUT2D eigenvalue weighted by Crippen LogP contribution is -2.17. The number of fused-ring (bicyclic) bond motifs is 1. The van der Waals surface area contributed by atoms with Gasteiger partial charge in [-0.05, 0) is 41.2 Å². The van der Waals surface area contributed by atoms with Crippen LogP contribution in [0.1, 0.15) is 43.6 Å². The molecule has 0 radical (unpaired) electrons. The molecule has 0 saturated heterocycles. The quantitative estimate of drug-likeness (QED) is 0.377. The van der Waals surface area contributed by atoms with Crippen molar-refractivity contribution in [1.29, 1.82) is 0 Å². The van der Waals surface area contributed by atoms with Crippen LogP contribution < -0.4 is 0 Å². The zero-order valence-electron chi connectivity index (χ0n) is 16.5. The molecule has 3 rings (SSSR count). The molecule has 140 valence electrons. The van der Waals surface area contributed by atoms with Crippen LogP contribution in [-0.2, 0) is 22.0 Å². The molecular formula is C23H25NO3. The summed E-state index contributed by atoms with van der Waals surface area (Å²) in [4.78, 5) is 24.4. The Hall–Kier alpha value is -2.88. The first kappa shape index (κ1) is 18.9. The van der Waals surface area contributed by atoms with Gasteiger partial charge in [-0.15, -0.1) is 0 Å². The van der Waals surface area contributed by atoms with Gasteiger partial charge in [0.25, 0.3) is 5.78 Å². The molecule has 0 bridgehead atoms. The number of benzene rings is 2. The summed E-state index contributed by atoms with van der Waals surface area (Å²) < 4.78 is 6.73. The maximum Gasteiger partial charge on any atom is 0.379 e. The molecular weight excluding hydrogens is 338 g/mol. The van der Waals surface area contributed by atoms with Crippen molar-refractivity contribution in [3.05, 3.63) is 59.8 Å². The van der Waals surface area contributed by atoms with Crippen molar-refractivity contribution in [2.75, 3.05) is 6.61 Å². The zero-order valence-corrected chi connectivity index (χ0v) is 16.5. The highest BCUT2D eigenvalue weighted by Crippen LogP contribution is 2.30. The van der Waals surface area contributed by atoms with Gasteiger partial charge in [-0.2, -0.15) is 0 Å². The molecule has 0 atom stereocenters. The number of hydrogen-bond donors (Lipinski definition) is 0. The van der Waals surface area contributed by atoms with Crippen molar-refractivity contribution in [3.63, 3.8) is 0 Å². The lowest BCUT2D eigenvalue weighted by molar-refractivity contribution is -0.137. The van der Waals surface area contributed by atoms with E-state index in [4.69, 9.17) is 4.74 Å². The zero-order chi connectivity index (χ0) is 19.8. The van der Waals surface area contributed by atoms with E-state index in [0.29, 0.717) is 5.56 Å². The standard InChI is InChI=1S/C23H25NO3/c1-6-27-22(26)21(25)19-14-24(5)20-12-9-16(13-18(19)20)15-7-10-17(11-8-15)23(2,3)4/h7-14H,6H2,1-5H3. The molecule has 0 saturated carbocycles. The summed E-state index contributed by atoms with van der Waals surface area (Å²) in [5.41, 5.74) is 4.72. The molecule has 4 heteroatoms. The van der Waals surface area contributed by atoms with E-state index in [-0.39, 0.29) is 12.0 Å². The third kappa shape index (κ3) is 3.65. The van der Waals surface area contributed by atoms with E-state index in [2.05, 4.69) is 45.0 Å².